The highest BCUT2D eigenvalue weighted by Crippen LogP contribution is 2.21. The number of aliphatic hydroxyl groups is 1. The second-order valence-electron chi connectivity index (χ2n) is 7.96. The van der Waals surface area contributed by atoms with Gasteiger partial charge in [0, 0.05) is 50.6 Å². The molecule has 1 aromatic heterocycles. The molecule has 0 saturated carbocycles. The van der Waals surface area contributed by atoms with E-state index in [1.807, 2.05) is 6.07 Å². The van der Waals surface area contributed by atoms with Crippen LogP contribution in [0.15, 0.2) is 24.3 Å². The Morgan fingerprint density at radius 3 is 2.57 bits per heavy atom. The van der Waals surface area contributed by atoms with Gasteiger partial charge >= 0.3 is 0 Å². The smallest absolute Gasteiger partial charge is 0.251 e. The van der Waals surface area contributed by atoms with Crippen LogP contribution in [0.4, 0.5) is 23.5 Å². The van der Waals surface area contributed by atoms with Gasteiger partial charge in [-0.05, 0) is 37.5 Å². The van der Waals surface area contributed by atoms with Gasteiger partial charge in [0.1, 0.15) is 0 Å². The molecule has 3 rings (SSSR count). The van der Waals surface area contributed by atoms with E-state index in [-0.39, 0.29) is 12.5 Å². The van der Waals surface area contributed by atoms with Crippen molar-refractivity contribution in [2.75, 3.05) is 81.3 Å². The van der Waals surface area contributed by atoms with Crippen molar-refractivity contribution >= 4 is 29.4 Å². The van der Waals surface area contributed by atoms with Crippen molar-refractivity contribution in [3.8, 4) is 0 Å². The van der Waals surface area contributed by atoms with E-state index in [4.69, 9.17) is 20.3 Å². The maximum atomic E-state index is 12.5. The largest absolute Gasteiger partial charge is 0.396 e. The highest BCUT2D eigenvalue weighted by Gasteiger charge is 2.18. The van der Waals surface area contributed by atoms with E-state index in [0.717, 1.165) is 25.9 Å². The molecule has 192 valence electrons. The molecule has 0 aliphatic carbocycles. The highest BCUT2D eigenvalue weighted by atomic mass is 16.5. The summed E-state index contributed by atoms with van der Waals surface area (Å²) in [5, 5.41) is 18.2. The summed E-state index contributed by atoms with van der Waals surface area (Å²) in [5.41, 5.74) is 6.55. The number of amides is 1. The molecular formula is C23H36N8O4. The Bertz CT molecular complexity index is 911. The molecule has 0 radical (unpaired) electrons. The van der Waals surface area contributed by atoms with Gasteiger partial charge in [0.2, 0.25) is 17.8 Å². The van der Waals surface area contributed by atoms with E-state index in [9.17, 15) is 4.79 Å². The third-order valence-electron chi connectivity index (χ3n) is 5.18. The molecule has 6 N–H and O–H groups in total. The Balaban J connectivity index is 1.57. The number of anilines is 4. The summed E-state index contributed by atoms with van der Waals surface area (Å²) in [6, 6.07) is 7.13. The van der Waals surface area contributed by atoms with Crippen LogP contribution in [0, 0.1) is 0 Å². The zero-order valence-electron chi connectivity index (χ0n) is 20.0. The average Bonchev–Trinajstić information content (AvgIpc) is 3.41. The number of ether oxygens (including phenoxy) is 2. The number of rotatable bonds is 16. The normalized spacial score (nSPS) is 13.1. The molecule has 2 aromatic rings. The van der Waals surface area contributed by atoms with Gasteiger partial charge in [-0.15, -0.1) is 0 Å². The highest BCUT2D eigenvalue weighted by molar-refractivity contribution is 5.95. The van der Waals surface area contributed by atoms with Crippen LogP contribution in [0.3, 0.4) is 0 Å². The van der Waals surface area contributed by atoms with Crippen molar-refractivity contribution in [3.05, 3.63) is 29.8 Å². The Labute approximate surface area is 205 Å². The lowest BCUT2D eigenvalue weighted by atomic mass is 10.2. The molecule has 1 aliphatic rings. The molecule has 1 aromatic carbocycles. The van der Waals surface area contributed by atoms with Gasteiger partial charge in [-0.25, -0.2) is 0 Å². The van der Waals surface area contributed by atoms with Crippen molar-refractivity contribution in [1.29, 1.82) is 0 Å². The first-order chi connectivity index (χ1) is 17.2. The molecule has 0 bridgehead atoms. The van der Waals surface area contributed by atoms with Crippen molar-refractivity contribution in [3.63, 3.8) is 0 Å². The van der Waals surface area contributed by atoms with Gasteiger partial charge in [0.25, 0.3) is 5.91 Å². The van der Waals surface area contributed by atoms with E-state index in [0.29, 0.717) is 81.6 Å². The number of carbonyl (C=O) groups excluding carboxylic acids is 1. The predicted molar refractivity (Wildman–Crippen MR) is 134 cm³/mol. The Hall–Kier alpha value is -3.06. The first kappa shape index (κ1) is 26.5. The molecule has 12 nitrogen and oxygen atoms in total. The summed E-state index contributed by atoms with van der Waals surface area (Å²) in [4.78, 5) is 28.2. The first-order valence-corrected chi connectivity index (χ1v) is 12.1. The van der Waals surface area contributed by atoms with Crippen LogP contribution in [-0.2, 0) is 9.47 Å². The van der Waals surface area contributed by atoms with Gasteiger partial charge in [-0.1, -0.05) is 6.07 Å². The van der Waals surface area contributed by atoms with Crippen LogP contribution < -0.4 is 26.6 Å². The summed E-state index contributed by atoms with van der Waals surface area (Å²) in [7, 11) is 0. The molecule has 12 heteroatoms. The number of nitrogens with two attached hydrogens (primary N) is 1. The molecular weight excluding hydrogens is 452 g/mol. The number of carbonyl (C=O) groups is 1. The quantitative estimate of drug-likeness (QED) is 0.212. The lowest BCUT2D eigenvalue weighted by Gasteiger charge is -2.17. The molecule has 1 aliphatic heterocycles. The fourth-order valence-corrected chi connectivity index (χ4v) is 3.45. The fourth-order valence-electron chi connectivity index (χ4n) is 3.45. The number of nitrogens with zero attached hydrogens (tertiary/aromatic N) is 4. The van der Waals surface area contributed by atoms with Crippen molar-refractivity contribution in [2.24, 2.45) is 5.73 Å². The number of nitrogens with one attached hydrogen (secondary N) is 3. The number of benzene rings is 1. The Kier molecular flexibility index (Phi) is 11.4. The third-order valence-corrected chi connectivity index (χ3v) is 5.18. The summed E-state index contributed by atoms with van der Waals surface area (Å²) in [6.45, 7) is 5.17. The van der Waals surface area contributed by atoms with Gasteiger partial charge in [-0.2, -0.15) is 15.0 Å². The SMILES string of the molecule is NCCOCCOCCNC(=O)c1cccc(Nc2nc(NCCCO)nc(N3CCCC3)n2)c1. The van der Waals surface area contributed by atoms with Crippen LogP contribution in [0.1, 0.15) is 29.6 Å². The minimum absolute atomic E-state index is 0.0896. The molecule has 0 unspecified atom stereocenters. The fraction of sp³-hybridized carbons (Fsp3) is 0.565. The molecule has 1 fully saturated rings. The number of aliphatic hydroxyl groups excluding tert-OH is 1. The maximum Gasteiger partial charge on any atom is 0.251 e. The predicted octanol–water partition coefficient (Wildman–Crippen LogP) is 0.731. The van der Waals surface area contributed by atoms with Crippen molar-refractivity contribution in [2.45, 2.75) is 19.3 Å². The second-order valence-corrected chi connectivity index (χ2v) is 7.96. The molecule has 1 amide bonds. The van der Waals surface area contributed by atoms with Gasteiger partial charge in [-0.3, -0.25) is 4.79 Å². The van der Waals surface area contributed by atoms with Crippen LogP contribution >= 0.6 is 0 Å². The lowest BCUT2D eigenvalue weighted by Crippen LogP contribution is -2.27. The summed E-state index contributed by atoms with van der Waals surface area (Å²) >= 11 is 0. The lowest BCUT2D eigenvalue weighted by molar-refractivity contribution is 0.0511. The Morgan fingerprint density at radius 1 is 1.03 bits per heavy atom. The van der Waals surface area contributed by atoms with Crippen LogP contribution in [0.5, 0.6) is 0 Å². The molecule has 0 atom stereocenters. The monoisotopic (exact) mass is 488 g/mol. The van der Waals surface area contributed by atoms with Gasteiger partial charge in [0.15, 0.2) is 0 Å². The van der Waals surface area contributed by atoms with E-state index < -0.39 is 0 Å². The number of hydrogen-bond acceptors (Lipinski definition) is 11. The van der Waals surface area contributed by atoms with E-state index in [2.05, 4.69) is 35.8 Å². The van der Waals surface area contributed by atoms with E-state index in [1.165, 1.54) is 0 Å². The Morgan fingerprint density at radius 2 is 1.80 bits per heavy atom. The van der Waals surface area contributed by atoms with Gasteiger partial charge in [0.05, 0.1) is 26.4 Å². The van der Waals surface area contributed by atoms with Crippen molar-refractivity contribution < 1.29 is 19.4 Å². The second kappa shape index (κ2) is 15.0. The molecule has 2 heterocycles. The van der Waals surface area contributed by atoms with Crippen LogP contribution in [0.2, 0.25) is 0 Å². The third kappa shape index (κ3) is 9.25. The minimum atomic E-state index is -0.198. The molecule has 1 saturated heterocycles. The van der Waals surface area contributed by atoms with Crippen molar-refractivity contribution in [1.82, 2.24) is 20.3 Å². The number of hydrogen-bond donors (Lipinski definition) is 5. The zero-order chi connectivity index (χ0) is 24.7. The standard InChI is InChI=1S/C23H36N8O4/c24-7-13-34-15-16-35-14-9-25-20(33)18-5-3-6-19(17-18)27-22-28-21(26-8-4-12-32)29-23(30-22)31-10-1-2-11-31/h3,5-6,17,32H,1-2,4,7-16,24H2,(H,25,33)(H2,26,27,28,29,30). The van der Waals surface area contributed by atoms with Crippen LogP contribution in [0.25, 0.3) is 0 Å². The topological polar surface area (TPSA) is 160 Å². The average molecular weight is 489 g/mol. The molecule has 0 spiro atoms. The summed E-state index contributed by atoms with van der Waals surface area (Å²) in [6.07, 6.45) is 2.80. The minimum Gasteiger partial charge on any atom is -0.396 e. The number of aromatic nitrogens is 3. The maximum absolute atomic E-state index is 12.5. The molecule has 35 heavy (non-hydrogen) atoms. The zero-order valence-corrected chi connectivity index (χ0v) is 20.0. The summed E-state index contributed by atoms with van der Waals surface area (Å²) < 4.78 is 10.7. The van der Waals surface area contributed by atoms with E-state index in [1.54, 1.807) is 18.2 Å². The van der Waals surface area contributed by atoms with Crippen LogP contribution in [-0.4, -0.2) is 91.7 Å². The van der Waals surface area contributed by atoms with Gasteiger partial charge < -0.3 is 41.2 Å². The summed E-state index contributed by atoms with van der Waals surface area (Å²) in [5.74, 6) is 1.24. The van der Waals surface area contributed by atoms with E-state index >= 15 is 0 Å². The first-order valence-electron chi connectivity index (χ1n) is 12.1.